The summed E-state index contributed by atoms with van der Waals surface area (Å²) in [5, 5.41) is 6.57. The molecule has 136 valence electrons. The number of oxime groups is 1. The zero-order chi connectivity index (χ0) is 18.9. The molecule has 1 N–H and O–H groups in total. The van der Waals surface area contributed by atoms with E-state index in [2.05, 4.69) is 10.5 Å². The number of hydrogen-bond donors (Lipinski definition) is 1. The number of fused-ring (bicyclic) bond motifs is 1. The maximum Gasteiger partial charge on any atom is 0.437 e. The van der Waals surface area contributed by atoms with Crippen molar-refractivity contribution in [3.05, 3.63) is 58.1 Å². The number of halogens is 2. The third-order valence-corrected chi connectivity index (χ3v) is 6.58. The Morgan fingerprint density at radius 3 is 2.50 bits per heavy atom. The lowest BCUT2D eigenvalue weighted by atomic mass is 10.1. The van der Waals surface area contributed by atoms with Crippen molar-refractivity contribution in [2.75, 3.05) is 5.32 Å². The van der Waals surface area contributed by atoms with Gasteiger partial charge in [0, 0.05) is 27.7 Å². The third-order valence-electron chi connectivity index (χ3n) is 3.90. The molecular weight excluding hydrogens is 399 g/mol. The van der Waals surface area contributed by atoms with Gasteiger partial charge in [-0.15, -0.1) is 0 Å². The van der Waals surface area contributed by atoms with Gasteiger partial charge in [0.25, 0.3) is 0 Å². The van der Waals surface area contributed by atoms with Crippen LogP contribution < -0.4 is 5.32 Å². The molecule has 0 bridgehead atoms. The number of carbonyl (C=O) groups is 1. The highest BCUT2D eigenvalue weighted by Crippen LogP contribution is 2.32. The lowest BCUT2D eigenvalue weighted by molar-refractivity contribution is 0.166. The van der Waals surface area contributed by atoms with Crippen molar-refractivity contribution in [2.45, 2.75) is 23.5 Å². The molecule has 1 aliphatic rings. The van der Waals surface area contributed by atoms with Crippen LogP contribution in [0.3, 0.4) is 0 Å². The summed E-state index contributed by atoms with van der Waals surface area (Å²) in [7, 11) is -3.47. The van der Waals surface area contributed by atoms with E-state index >= 15 is 0 Å². The number of nitrogens with one attached hydrogen (secondary N) is 1. The van der Waals surface area contributed by atoms with Gasteiger partial charge >= 0.3 is 6.09 Å². The van der Waals surface area contributed by atoms with E-state index in [9.17, 15) is 13.2 Å². The van der Waals surface area contributed by atoms with Crippen LogP contribution in [0.2, 0.25) is 10.0 Å². The summed E-state index contributed by atoms with van der Waals surface area (Å²) in [4.78, 5) is 16.9. The van der Waals surface area contributed by atoms with Crippen LogP contribution in [0.15, 0.2) is 52.5 Å². The molecule has 0 fully saturated rings. The van der Waals surface area contributed by atoms with Gasteiger partial charge < -0.3 is 0 Å². The Labute approximate surface area is 160 Å². The van der Waals surface area contributed by atoms with Crippen LogP contribution in [0.4, 0.5) is 10.5 Å². The highest BCUT2D eigenvalue weighted by atomic mass is 35.5. The van der Waals surface area contributed by atoms with Crippen molar-refractivity contribution in [3.63, 3.8) is 0 Å². The van der Waals surface area contributed by atoms with Gasteiger partial charge in [-0.3, -0.25) is 10.2 Å². The quantitative estimate of drug-likeness (QED) is 0.580. The lowest BCUT2D eigenvalue weighted by Crippen LogP contribution is -2.30. The number of sulfone groups is 1. The van der Waals surface area contributed by atoms with E-state index < -0.39 is 21.2 Å². The Kier molecular flexibility index (Phi) is 5.22. The molecule has 1 unspecified atom stereocenters. The van der Waals surface area contributed by atoms with E-state index in [0.29, 0.717) is 27.0 Å². The first-order chi connectivity index (χ1) is 12.3. The second-order valence-corrected chi connectivity index (χ2v) is 8.96. The van der Waals surface area contributed by atoms with Gasteiger partial charge in [0.05, 0.1) is 15.9 Å². The van der Waals surface area contributed by atoms with Gasteiger partial charge in [0.15, 0.2) is 9.84 Å². The van der Waals surface area contributed by atoms with Crippen LogP contribution in [0.1, 0.15) is 18.9 Å². The summed E-state index contributed by atoms with van der Waals surface area (Å²) < 4.78 is 24.9. The smallest absolute Gasteiger partial charge is 0.297 e. The first-order valence-corrected chi connectivity index (χ1v) is 9.92. The summed E-state index contributed by atoms with van der Waals surface area (Å²) >= 11 is 11.8. The molecule has 1 heterocycles. The van der Waals surface area contributed by atoms with Gasteiger partial charge in [-0.1, -0.05) is 28.4 Å². The molecule has 0 aromatic heterocycles. The highest BCUT2D eigenvalue weighted by Gasteiger charge is 2.34. The molecule has 1 atom stereocenters. The van der Waals surface area contributed by atoms with Crippen molar-refractivity contribution >= 4 is 50.5 Å². The van der Waals surface area contributed by atoms with Crippen LogP contribution in [0.25, 0.3) is 0 Å². The zero-order valence-corrected chi connectivity index (χ0v) is 15.9. The Bertz CT molecular complexity index is 988. The highest BCUT2D eigenvalue weighted by molar-refractivity contribution is 7.92. The van der Waals surface area contributed by atoms with E-state index in [1.54, 1.807) is 31.2 Å². The second-order valence-electron chi connectivity index (χ2n) is 5.75. The SMILES string of the molecule is CC1CC(=NOC(=O)Nc2ccc(Cl)cc2)c2cc(Cl)ccc2S1(=O)=O. The molecule has 1 aliphatic heterocycles. The average molecular weight is 413 g/mol. The summed E-state index contributed by atoms with van der Waals surface area (Å²) in [6, 6.07) is 10.9. The van der Waals surface area contributed by atoms with E-state index in [1.807, 2.05) is 0 Å². The second kappa shape index (κ2) is 7.26. The van der Waals surface area contributed by atoms with Crippen LogP contribution in [-0.4, -0.2) is 25.5 Å². The number of carbonyl (C=O) groups excluding carboxylic acids is 1. The molecule has 0 radical (unpaired) electrons. The molecule has 1 amide bonds. The molecule has 2 aromatic carbocycles. The van der Waals surface area contributed by atoms with E-state index in [1.165, 1.54) is 18.2 Å². The Balaban J connectivity index is 1.83. The van der Waals surface area contributed by atoms with Gasteiger partial charge in [-0.05, 0) is 49.4 Å². The fraction of sp³-hybridized carbons (Fsp3) is 0.176. The molecule has 0 saturated heterocycles. The standard InChI is InChI=1S/C17H14Cl2N2O4S/c1-10-8-15(14-9-12(19)4-7-16(14)26(10,23)24)21-25-17(22)20-13-5-2-11(18)3-6-13/h2-7,9-10H,8H2,1H3,(H,20,22). The van der Waals surface area contributed by atoms with Crippen molar-refractivity contribution in [3.8, 4) is 0 Å². The zero-order valence-electron chi connectivity index (χ0n) is 13.6. The fourth-order valence-electron chi connectivity index (χ4n) is 2.54. The van der Waals surface area contributed by atoms with Crippen molar-refractivity contribution < 1.29 is 18.0 Å². The number of anilines is 1. The molecule has 0 spiro atoms. The van der Waals surface area contributed by atoms with Crippen LogP contribution in [-0.2, 0) is 14.7 Å². The minimum atomic E-state index is -3.47. The van der Waals surface area contributed by atoms with Gasteiger partial charge in [-0.2, -0.15) is 0 Å². The number of nitrogens with zero attached hydrogens (tertiary/aromatic N) is 1. The maximum absolute atomic E-state index is 12.4. The molecule has 6 nitrogen and oxygen atoms in total. The minimum absolute atomic E-state index is 0.115. The minimum Gasteiger partial charge on any atom is -0.297 e. The summed E-state index contributed by atoms with van der Waals surface area (Å²) in [5.41, 5.74) is 1.17. The number of hydrogen-bond acceptors (Lipinski definition) is 5. The molecule has 0 aliphatic carbocycles. The van der Waals surface area contributed by atoms with Crippen LogP contribution in [0.5, 0.6) is 0 Å². The first kappa shape index (κ1) is 18.7. The Hall–Kier alpha value is -2.09. The lowest BCUT2D eigenvalue weighted by Gasteiger charge is -2.23. The molecular formula is C17H14Cl2N2O4S. The molecule has 0 saturated carbocycles. The monoisotopic (exact) mass is 412 g/mol. The normalized spacial score (nSPS) is 19.7. The van der Waals surface area contributed by atoms with Crippen LogP contribution in [0, 0.1) is 0 Å². The van der Waals surface area contributed by atoms with Gasteiger partial charge in [-0.25, -0.2) is 13.2 Å². The summed E-state index contributed by atoms with van der Waals surface area (Å²) in [6.45, 7) is 1.58. The largest absolute Gasteiger partial charge is 0.437 e. The van der Waals surface area contributed by atoms with E-state index in [-0.39, 0.29) is 11.3 Å². The predicted octanol–water partition coefficient (Wildman–Crippen LogP) is 4.51. The topological polar surface area (TPSA) is 84.8 Å². The Morgan fingerprint density at radius 2 is 1.81 bits per heavy atom. The molecule has 2 aromatic rings. The molecule has 9 heteroatoms. The van der Waals surface area contributed by atoms with Gasteiger partial charge in [0.1, 0.15) is 0 Å². The van der Waals surface area contributed by atoms with Gasteiger partial charge in [0.2, 0.25) is 0 Å². The Morgan fingerprint density at radius 1 is 1.15 bits per heavy atom. The maximum atomic E-state index is 12.4. The van der Waals surface area contributed by atoms with Crippen LogP contribution >= 0.6 is 23.2 Å². The van der Waals surface area contributed by atoms with Crippen molar-refractivity contribution in [2.24, 2.45) is 5.16 Å². The average Bonchev–Trinajstić information content (AvgIpc) is 2.59. The van der Waals surface area contributed by atoms with Crippen molar-refractivity contribution in [1.82, 2.24) is 0 Å². The summed E-state index contributed by atoms with van der Waals surface area (Å²) in [5.74, 6) is 0. The van der Waals surface area contributed by atoms with Crippen molar-refractivity contribution in [1.29, 1.82) is 0 Å². The number of amides is 1. The van der Waals surface area contributed by atoms with E-state index in [0.717, 1.165) is 0 Å². The predicted molar refractivity (Wildman–Crippen MR) is 101 cm³/mol. The summed E-state index contributed by atoms with van der Waals surface area (Å²) in [6.07, 6.45) is -0.686. The number of benzene rings is 2. The third kappa shape index (κ3) is 3.85. The fourth-order valence-corrected chi connectivity index (χ4v) is 4.39. The van der Waals surface area contributed by atoms with E-state index in [4.69, 9.17) is 28.0 Å². The first-order valence-electron chi connectivity index (χ1n) is 7.61. The molecule has 26 heavy (non-hydrogen) atoms. The number of rotatable bonds is 2. The molecule has 3 rings (SSSR count).